The van der Waals surface area contributed by atoms with Gasteiger partial charge in [-0.3, -0.25) is 29.8 Å². The molecule has 130 valence electrons. The molecule has 0 N–H and O–H groups in total. The molecule has 0 unspecified atom stereocenters. The monoisotopic (exact) mass is 356 g/mol. The highest BCUT2D eigenvalue weighted by molar-refractivity contribution is 5.51. The van der Waals surface area contributed by atoms with Gasteiger partial charge in [0, 0.05) is 24.3 Å². The minimum absolute atomic E-state index is 0.108. The highest BCUT2D eigenvalue weighted by atomic mass is 16.6. The van der Waals surface area contributed by atoms with E-state index in [1.54, 1.807) is 0 Å². The number of nitro benzene ring substituents is 2. The van der Waals surface area contributed by atoms with Crippen molar-refractivity contribution in [1.29, 1.82) is 0 Å². The van der Waals surface area contributed by atoms with Gasteiger partial charge in [-0.15, -0.1) is 0 Å². The SMILES string of the molecule is O=c1c(Oc2ccc([N+](=O)[O-])cc2)c(Oc2ccc([N+](=O)[O-])cc2)c1=O. The third-order valence-corrected chi connectivity index (χ3v) is 3.36. The molecule has 0 atom stereocenters. The van der Waals surface area contributed by atoms with E-state index in [4.69, 9.17) is 9.47 Å². The van der Waals surface area contributed by atoms with Crippen LogP contribution in [0.15, 0.2) is 58.1 Å². The second-order valence-electron chi connectivity index (χ2n) is 5.02. The van der Waals surface area contributed by atoms with Gasteiger partial charge in [-0.1, -0.05) is 0 Å². The number of hydrogen-bond acceptors (Lipinski definition) is 8. The predicted octanol–water partition coefficient (Wildman–Crippen LogP) is 2.68. The summed E-state index contributed by atoms with van der Waals surface area (Å²) in [6.45, 7) is 0. The Labute approximate surface area is 143 Å². The first-order valence-electron chi connectivity index (χ1n) is 7.04. The van der Waals surface area contributed by atoms with Crippen molar-refractivity contribution in [1.82, 2.24) is 0 Å². The Morgan fingerprint density at radius 2 is 0.923 bits per heavy atom. The molecule has 0 amide bonds. The maximum atomic E-state index is 11.7. The van der Waals surface area contributed by atoms with Crippen molar-refractivity contribution in [2.75, 3.05) is 0 Å². The van der Waals surface area contributed by atoms with Crippen LogP contribution in [0.1, 0.15) is 0 Å². The van der Waals surface area contributed by atoms with Crippen LogP contribution in [0.3, 0.4) is 0 Å². The second-order valence-corrected chi connectivity index (χ2v) is 5.02. The van der Waals surface area contributed by atoms with E-state index in [1.165, 1.54) is 48.5 Å². The van der Waals surface area contributed by atoms with Crippen molar-refractivity contribution in [3.63, 3.8) is 0 Å². The minimum atomic E-state index is -0.903. The van der Waals surface area contributed by atoms with E-state index in [0.717, 1.165) is 0 Å². The highest BCUT2D eigenvalue weighted by Gasteiger charge is 2.26. The van der Waals surface area contributed by atoms with E-state index < -0.39 is 20.7 Å². The molecule has 3 rings (SSSR count). The van der Waals surface area contributed by atoms with Crippen LogP contribution in [0.5, 0.6) is 23.0 Å². The van der Waals surface area contributed by atoms with Crippen LogP contribution in [0.4, 0.5) is 11.4 Å². The quantitative estimate of drug-likeness (QED) is 0.373. The van der Waals surface area contributed by atoms with Crippen LogP contribution < -0.4 is 20.3 Å². The fourth-order valence-corrected chi connectivity index (χ4v) is 2.04. The summed E-state index contributed by atoms with van der Waals surface area (Å²) in [6, 6.07) is 9.79. The van der Waals surface area contributed by atoms with Crippen molar-refractivity contribution in [3.8, 4) is 23.0 Å². The van der Waals surface area contributed by atoms with Crippen LogP contribution in [0.2, 0.25) is 0 Å². The van der Waals surface area contributed by atoms with Crippen LogP contribution >= 0.6 is 0 Å². The molecule has 0 aliphatic heterocycles. The van der Waals surface area contributed by atoms with Crippen molar-refractivity contribution in [2.45, 2.75) is 0 Å². The van der Waals surface area contributed by atoms with Crippen molar-refractivity contribution >= 4 is 11.4 Å². The van der Waals surface area contributed by atoms with Gasteiger partial charge in [0.1, 0.15) is 11.5 Å². The van der Waals surface area contributed by atoms with Gasteiger partial charge >= 0.3 is 0 Å². The summed E-state index contributed by atoms with van der Waals surface area (Å²) in [6.07, 6.45) is 0. The Morgan fingerprint density at radius 1 is 0.615 bits per heavy atom. The molecular formula is C16H8N2O8. The van der Waals surface area contributed by atoms with Gasteiger partial charge in [-0.25, -0.2) is 0 Å². The van der Waals surface area contributed by atoms with Crippen molar-refractivity contribution in [3.05, 3.63) is 89.2 Å². The minimum Gasteiger partial charge on any atom is -0.449 e. The molecule has 0 saturated carbocycles. The Kier molecular flexibility index (Phi) is 4.15. The van der Waals surface area contributed by atoms with Gasteiger partial charge in [0.15, 0.2) is 0 Å². The molecule has 0 spiro atoms. The number of ether oxygens (including phenoxy) is 2. The third-order valence-electron chi connectivity index (χ3n) is 3.36. The fraction of sp³-hybridized carbons (Fsp3) is 0. The molecule has 3 aromatic carbocycles. The third kappa shape index (κ3) is 3.11. The van der Waals surface area contributed by atoms with Crippen LogP contribution in [-0.2, 0) is 0 Å². The Morgan fingerprint density at radius 3 is 1.19 bits per heavy atom. The smallest absolute Gasteiger partial charge is 0.276 e. The lowest BCUT2D eigenvalue weighted by atomic mass is 10.2. The highest BCUT2D eigenvalue weighted by Crippen LogP contribution is 2.32. The molecule has 3 aromatic rings. The van der Waals surface area contributed by atoms with E-state index in [0.29, 0.717) is 0 Å². The summed E-state index contributed by atoms with van der Waals surface area (Å²) in [5, 5.41) is 21.2. The number of non-ortho nitro benzene ring substituents is 2. The zero-order valence-electron chi connectivity index (χ0n) is 12.8. The van der Waals surface area contributed by atoms with E-state index >= 15 is 0 Å². The lowest BCUT2D eigenvalue weighted by Crippen LogP contribution is -2.32. The summed E-state index contributed by atoms with van der Waals surface area (Å²) in [4.78, 5) is 43.4. The predicted molar refractivity (Wildman–Crippen MR) is 87.7 cm³/mol. The number of hydrogen-bond donors (Lipinski definition) is 0. The number of nitrogens with zero attached hydrogens (tertiary/aromatic N) is 2. The first-order valence-corrected chi connectivity index (χ1v) is 7.04. The molecule has 0 aliphatic carbocycles. The molecule has 0 fully saturated rings. The molecule has 10 heteroatoms. The van der Waals surface area contributed by atoms with E-state index in [1.807, 2.05) is 0 Å². The van der Waals surface area contributed by atoms with E-state index in [9.17, 15) is 29.8 Å². The van der Waals surface area contributed by atoms with Gasteiger partial charge in [0.2, 0.25) is 11.5 Å². The fourth-order valence-electron chi connectivity index (χ4n) is 2.04. The molecule has 0 bridgehead atoms. The standard InChI is InChI=1S/C16H8N2O8/c19-13-14(20)16(26-12-7-3-10(4-8-12)18(23)24)15(13)25-11-5-1-9(2-6-11)17(21)22/h1-8H. The van der Waals surface area contributed by atoms with Gasteiger partial charge in [-0.05, 0) is 24.3 Å². The average molecular weight is 356 g/mol. The van der Waals surface area contributed by atoms with Crippen LogP contribution in [0, 0.1) is 20.2 Å². The van der Waals surface area contributed by atoms with E-state index in [2.05, 4.69) is 0 Å². The maximum absolute atomic E-state index is 11.7. The van der Waals surface area contributed by atoms with Crippen molar-refractivity contribution < 1.29 is 19.3 Å². The molecule has 0 radical (unpaired) electrons. The lowest BCUT2D eigenvalue weighted by Gasteiger charge is -2.12. The molecule has 10 nitrogen and oxygen atoms in total. The largest absolute Gasteiger partial charge is 0.449 e. The summed E-state index contributed by atoms with van der Waals surface area (Å²) in [5.74, 6) is -0.475. The normalized spacial score (nSPS) is 10.5. The summed E-state index contributed by atoms with van der Waals surface area (Å²) in [5.41, 5.74) is -2.13. The number of benzene rings is 2. The summed E-state index contributed by atoms with van der Waals surface area (Å²) < 4.78 is 10.5. The molecule has 0 heterocycles. The zero-order chi connectivity index (χ0) is 18.8. The van der Waals surface area contributed by atoms with Gasteiger partial charge in [-0.2, -0.15) is 0 Å². The van der Waals surface area contributed by atoms with Crippen molar-refractivity contribution in [2.24, 2.45) is 0 Å². The summed E-state index contributed by atoms with van der Waals surface area (Å²) >= 11 is 0. The Bertz CT molecular complexity index is 976. The molecular weight excluding hydrogens is 348 g/mol. The van der Waals surface area contributed by atoms with Crippen LogP contribution in [0.25, 0.3) is 0 Å². The molecule has 0 aromatic heterocycles. The first kappa shape index (κ1) is 16.8. The molecule has 0 aliphatic rings. The maximum Gasteiger partial charge on any atom is 0.276 e. The average Bonchev–Trinajstić information content (AvgIpc) is 2.65. The first-order chi connectivity index (χ1) is 12.4. The molecule has 0 saturated heterocycles. The van der Waals surface area contributed by atoms with Gasteiger partial charge < -0.3 is 9.47 Å². The van der Waals surface area contributed by atoms with Gasteiger partial charge in [0.05, 0.1) is 9.85 Å². The summed E-state index contributed by atoms with van der Waals surface area (Å²) in [7, 11) is 0. The number of nitro groups is 2. The Balaban J connectivity index is 1.81. The zero-order valence-corrected chi connectivity index (χ0v) is 12.8. The van der Waals surface area contributed by atoms with Gasteiger partial charge in [0.25, 0.3) is 22.2 Å². The van der Waals surface area contributed by atoms with Crippen LogP contribution in [-0.4, -0.2) is 9.85 Å². The Hall–Kier alpha value is -4.08. The van der Waals surface area contributed by atoms with E-state index in [-0.39, 0.29) is 34.4 Å². The number of rotatable bonds is 6. The lowest BCUT2D eigenvalue weighted by molar-refractivity contribution is -0.385. The second kappa shape index (κ2) is 6.43. The molecule has 26 heavy (non-hydrogen) atoms. The topological polar surface area (TPSA) is 139 Å².